The lowest BCUT2D eigenvalue weighted by Crippen LogP contribution is -2.67. The number of unbranched alkanes of at least 4 members (excludes halogenated alkanes) is 2. The van der Waals surface area contributed by atoms with Gasteiger partial charge in [0.15, 0.2) is 23.4 Å². The number of likely N-dealkylation sites (N-methyl/N-ethyl adjacent to an activating group) is 1. The van der Waals surface area contributed by atoms with Crippen molar-refractivity contribution in [2.45, 2.75) is 69.4 Å². The summed E-state index contributed by atoms with van der Waals surface area (Å²) in [4.78, 5) is 16.1. The van der Waals surface area contributed by atoms with Gasteiger partial charge in [0.1, 0.15) is 0 Å². The molecule has 0 radical (unpaired) electrons. The van der Waals surface area contributed by atoms with Crippen LogP contribution in [-0.2, 0) is 16.6 Å². The van der Waals surface area contributed by atoms with Gasteiger partial charge in [0.05, 0.1) is 7.11 Å². The Balaban J connectivity index is 0.00000192. The van der Waals surface area contributed by atoms with Crippen LogP contribution in [0.4, 0.5) is 0 Å². The van der Waals surface area contributed by atoms with Gasteiger partial charge in [-0.1, -0.05) is 32.3 Å². The molecule has 28 heavy (non-hydrogen) atoms. The van der Waals surface area contributed by atoms with Crippen LogP contribution < -0.4 is 9.47 Å². The van der Waals surface area contributed by atoms with Crippen LogP contribution in [0.3, 0.4) is 0 Å². The molecule has 2 heterocycles. The van der Waals surface area contributed by atoms with Crippen LogP contribution in [0.1, 0.15) is 56.6 Å². The lowest BCUT2D eigenvalue weighted by molar-refractivity contribution is -0.145. The number of carbonyl (C=O) groups is 1. The van der Waals surface area contributed by atoms with E-state index in [1.165, 1.54) is 24.0 Å². The molecule has 5 heteroatoms. The number of hydrogen-bond acceptors (Lipinski definition) is 4. The molecule has 5 atom stereocenters. The zero-order valence-corrected chi connectivity index (χ0v) is 18.0. The Labute approximate surface area is 174 Å². The molecular formula is C23H32ClNO3. The zero-order valence-electron chi connectivity index (χ0n) is 17.2. The van der Waals surface area contributed by atoms with Crippen molar-refractivity contribution < 1.29 is 14.3 Å². The van der Waals surface area contributed by atoms with E-state index in [1.807, 2.05) is 6.07 Å². The number of piperidine rings is 1. The van der Waals surface area contributed by atoms with E-state index in [4.69, 9.17) is 9.47 Å². The second-order valence-electron chi connectivity index (χ2n) is 9.11. The maximum atomic E-state index is 13.5. The number of Topliss-reactive ketones (excluding diaryl/α,β-unsaturated/α-hetero) is 1. The Morgan fingerprint density at radius 3 is 2.89 bits per heavy atom. The van der Waals surface area contributed by atoms with Gasteiger partial charge in [-0.3, -0.25) is 4.79 Å². The van der Waals surface area contributed by atoms with Crippen molar-refractivity contribution in [2.24, 2.45) is 11.8 Å². The van der Waals surface area contributed by atoms with E-state index in [2.05, 4.69) is 24.9 Å². The van der Waals surface area contributed by atoms with Crippen LogP contribution in [0.2, 0.25) is 0 Å². The molecule has 4 aliphatic rings. The molecule has 2 aliphatic heterocycles. The van der Waals surface area contributed by atoms with Crippen molar-refractivity contribution in [3.05, 3.63) is 23.3 Å². The molecule has 1 spiro atoms. The highest BCUT2D eigenvalue weighted by Crippen LogP contribution is 2.64. The molecule has 154 valence electrons. The van der Waals surface area contributed by atoms with Gasteiger partial charge in [-0.05, 0) is 56.8 Å². The minimum Gasteiger partial charge on any atom is -0.493 e. The number of ketones is 1. The average molecular weight is 406 g/mol. The number of halogens is 1. The van der Waals surface area contributed by atoms with Crippen molar-refractivity contribution in [3.63, 3.8) is 0 Å². The van der Waals surface area contributed by atoms with Crippen LogP contribution in [0.25, 0.3) is 0 Å². The quantitative estimate of drug-likeness (QED) is 0.689. The Morgan fingerprint density at radius 2 is 2.14 bits per heavy atom. The van der Waals surface area contributed by atoms with Crippen molar-refractivity contribution in [3.8, 4) is 11.5 Å². The van der Waals surface area contributed by atoms with E-state index in [0.29, 0.717) is 17.7 Å². The van der Waals surface area contributed by atoms with E-state index in [0.717, 1.165) is 50.1 Å². The number of ether oxygens (including phenoxy) is 2. The van der Waals surface area contributed by atoms with Gasteiger partial charge in [0.25, 0.3) is 0 Å². The fraction of sp³-hybridized carbons (Fsp3) is 0.696. The number of carbonyl (C=O) groups excluding carboxylic acids is 1. The van der Waals surface area contributed by atoms with E-state index in [9.17, 15) is 4.79 Å². The van der Waals surface area contributed by atoms with Crippen LogP contribution in [-0.4, -0.2) is 43.5 Å². The number of likely N-dealkylation sites (tertiary alicyclic amines) is 1. The maximum Gasteiger partial charge on any atom is 0.177 e. The van der Waals surface area contributed by atoms with Crippen LogP contribution in [0, 0.1) is 11.8 Å². The van der Waals surface area contributed by atoms with Gasteiger partial charge < -0.3 is 14.4 Å². The Hall–Kier alpha value is -1.26. The molecule has 4 nitrogen and oxygen atoms in total. The van der Waals surface area contributed by atoms with Crippen molar-refractivity contribution >= 4 is 18.2 Å². The third kappa shape index (κ3) is 2.50. The number of methoxy groups -OCH3 is 1. The van der Waals surface area contributed by atoms with Gasteiger partial charge in [-0.25, -0.2) is 0 Å². The van der Waals surface area contributed by atoms with E-state index in [1.54, 1.807) is 7.11 Å². The summed E-state index contributed by atoms with van der Waals surface area (Å²) in [6.45, 7) is 3.27. The number of hydrogen-bond donors (Lipinski definition) is 0. The second kappa shape index (κ2) is 7.21. The third-order valence-corrected chi connectivity index (χ3v) is 7.95. The molecule has 1 saturated heterocycles. The predicted molar refractivity (Wildman–Crippen MR) is 112 cm³/mol. The zero-order chi connectivity index (χ0) is 18.8. The van der Waals surface area contributed by atoms with E-state index >= 15 is 0 Å². The highest BCUT2D eigenvalue weighted by Gasteiger charge is 2.67. The molecule has 3 unspecified atom stereocenters. The van der Waals surface area contributed by atoms with Gasteiger partial charge >= 0.3 is 0 Å². The fourth-order valence-corrected chi connectivity index (χ4v) is 6.66. The van der Waals surface area contributed by atoms with E-state index in [-0.39, 0.29) is 29.8 Å². The van der Waals surface area contributed by atoms with Gasteiger partial charge in [0.2, 0.25) is 0 Å². The first-order valence-electron chi connectivity index (χ1n) is 10.7. The lowest BCUT2D eigenvalue weighted by Gasteiger charge is -2.58. The molecule has 0 amide bonds. The Kier molecular flexibility index (Phi) is 5.16. The largest absolute Gasteiger partial charge is 0.493 e. The first kappa shape index (κ1) is 20.0. The summed E-state index contributed by atoms with van der Waals surface area (Å²) in [5.41, 5.74) is 2.58. The van der Waals surface area contributed by atoms with Gasteiger partial charge in [-0.15, -0.1) is 12.4 Å². The number of rotatable bonds is 5. The van der Waals surface area contributed by atoms with Crippen LogP contribution in [0.15, 0.2) is 12.1 Å². The summed E-state index contributed by atoms with van der Waals surface area (Å²) >= 11 is 0. The highest BCUT2D eigenvalue weighted by atomic mass is 35.5. The summed E-state index contributed by atoms with van der Waals surface area (Å²) in [6.07, 6.45) is 7.42. The Morgan fingerprint density at radius 1 is 1.32 bits per heavy atom. The third-order valence-electron chi connectivity index (χ3n) is 7.95. The average Bonchev–Trinajstić information content (AvgIpc) is 3.02. The monoisotopic (exact) mass is 405 g/mol. The molecule has 1 saturated carbocycles. The molecule has 2 bridgehead atoms. The summed E-state index contributed by atoms with van der Waals surface area (Å²) < 4.78 is 12.1. The van der Waals surface area contributed by atoms with E-state index < -0.39 is 0 Å². The molecule has 2 fully saturated rings. The van der Waals surface area contributed by atoms with Crippen molar-refractivity contribution in [1.82, 2.24) is 4.90 Å². The normalized spacial score (nSPS) is 35.0. The molecule has 5 rings (SSSR count). The summed E-state index contributed by atoms with van der Waals surface area (Å²) in [7, 11) is 3.97. The number of benzene rings is 1. The summed E-state index contributed by atoms with van der Waals surface area (Å²) in [5.74, 6) is 2.71. The van der Waals surface area contributed by atoms with Crippen LogP contribution >= 0.6 is 12.4 Å². The van der Waals surface area contributed by atoms with Crippen molar-refractivity contribution in [1.29, 1.82) is 0 Å². The molecule has 2 aliphatic carbocycles. The molecule has 1 aromatic rings. The molecule has 0 aromatic heterocycles. The second-order valence-corrected chi connectivity index (χ2v) is 9.11. The van der Waals surface area contributed by atoms with Crippen LogP contribution in [0.5, 0.6) is 11.5 Å². The maximum absolute atomic E-state index is 13.5. The highest BCUT2D eigenvalue weighted by molar-refractivity contribution is 5.91. The predicted octanol–water partition coefficient (Wildman–Crippen LogP) is 4.16. The topological polar surface area (TPSA) is 38.8 Å². The standard InChI is InChI=1S/C23H31NO3.ClH/c1-4-5-6-7-15-12-16-17-13-14-8-9-18(26-3)21-19(14)23(16,10-11-24(17)2)22(27-21)20(15)25;/h8-9,15-17,22H,4-7,10-13H2,1-3H3;1H/t15-,16?,17?,22-,23?;/m0./s1. The lowest BCUT2D eigenvalue weighted by atomic mass is 9.50. The Bertz CT molecular complexity index is 781. The first-order chi connectivity index (χ1) is 13.1. The van der Waals surface area contributed by atoms with Gasteiger partial charge in [0, 0.05) is 22.9 Å². The molecular weight excluding hydrogens is 374 g/mol. The minimum atomic E-state index is -0.301. The first-order valence-corrected chi connectivity index (χ1v) is 10.7. The fourth-order valence-electron chi connectivity index (χ4n) is 6.66. The summed E-state index contributed by atoms with van der Waals surface area (Å²) in [6, 6.07) is 4.77. The molecule has 0 N–H and O–H groups in total. The molecule has 1 aromatic carbocycles. The van der Waals surface area contributed by atoms with Gasteiger partial charge in [-0.2, -0.15) is 0 Å². The van der Waals surface area contributed by atoms with Crippen molar-refractivity contribution in [2.75, 3.05) is 20.7 Å². The minimum absolute atomic E-state index is 0. The summed E-state index contributed by atoms with van der Waals surface area (Å²) in [5, 5.41) is 0. The number of nitrogens with zero attached hydrogens (tertiary/aromatic N) is 1. The smallest absolute Gasteiger partial charge is 0.177 e. The SMILES string of the molecule is CCCCC[C@H]1CC2C3Cc4ccc(OC)c5c4C2(CCN3C)[C@@H](O5)C1=O.Cl.